The Morgan fingerprint density at radius 1 is 1.32 bits per heavy atom. The highest BCUT2D eigenvalue weighted by Gasteiger charge is 2.16. The van der Waals surface area contributed by atoms with Crippen molar-refractivity contribution in [2.75, 3.05) is 5.32 Å². The van der Waals surface area contributed by atoms with E-state index in [1.165, 1.54) is 6.20 Å². The molecule has 1 N–H and O–H groups in total. The highest BCUT2D eigenvalue weighted by Crippen LogP contribution is 2.26. The number of hydrogen-bond acceptors (Lipinski definition) is 4. The van der Waals surface area contributed by atoms with Crippen LogP contribution in [-0.2, 0) is 0 Å². The Hall–Kier alpha value is -1.95. The van der Waals surface area contributed by atoms with Gasteiger partial charge in [-0.3, -0.25) is 0 Å². The first-order chi connectivity index (χ1) is 9.08. The van der Waals surface area contributed by atoms with E-state index in [9.17, 15) is 10.1 Å². The van der Waals surface area contributed by atoms with Gasteiger partial charge in [-0.05, 0) is 46.7 Å². The number of nitrogens with zero attached hydrogens (tertiary/aromatic N) is 2. The van der Waals surface area contributed by atoms with Crippen LogP contribution in [0.3, 0.4) is 0 Å². The maximum atomic E-state index is 10.9. The van der Waals surface area contributed by atoms with Crippen LogP contribution in [0.5, 0.6) is 0 Å². The Bertz CT molecular complexity index is 587. The van der Waals surface area contributed by atoms with Crippen LogP contribution in [0.25, 0.3) is 0 Å². The van der Waals surface area contributed by atoms with Gasteiger partial charge in [-0.2, -0.15) is 0 Å². The minimum absolute atomic E-state index is 0.0454. The third-order valence-electron chi connectivity index (χ3n) is 2.70. The molecular formula is C13H12BrN3O2. The van der Waals surface area contributed by atoms with Gasteiger partial charge in [0.2, 0.25) is 0 Å². The van der Waals surface area contributed by atoms with Crippen LogP contribution in [0.4, 0.5) is 11.5 Å². The number of aromatic nitrogens is 1. The van der Waals surface area contributed by atoms with Gasteiger partial charge >= 0.3 is 5.82 Å². The van der Waals surface area contributed by atoms with E-state index >= 15 is 0 Å². The highest BCUT2D eigenvalue weighted by molar-refractivity contribution is 9.10. The van der Waals surface area contributed by atoms with E-state index in [2.05, 4.69) is 26.2 Å². The lowest BCUT2D eigenvalue weighted by molar-refractivity contribution is -0.388. The van der Waals surface area contributed by atoms with Gasteiger partial charge in [-0.15, -0.1) is 0 Å². The first kappa shape index (κ1) is 13.5. The molecule has 1 aromatic heterocycles. The summed E-state index contributed by atoms with van der Waals surface area (Å²) in [6.45, 7) is 1.94. The number of halogens is 1. The van der Waals surface area contributed by atoms with Crippen molar-refractivity contribution in [3.63, 3.8) is 0 Å². The van der Waals surface area contributed by atoms with Gasteiger partial charge in [0, 0.05) is 10.5 Å². The van der Waals surface area contributed by atoms with Crippen molar-refractivity contribution in [3.8, 4) is 0 Å². The number of benzene rings is 1. The van der Waals surface area contributed by atoms with Crippen LogP contribution in [0.1, 0.15) is 18.5 Å². The van der Waals surface area contributed by atoms with Gasteiger partial charge < -0.3 is 15.4 Å². The predicted molar refractivity (Wildman–Crippen MR) is 77.1 cm³/mol. The summed E-state index contributed by atoms with van der Waals surface area (Å²) in [5.41, 5.74) is 1.46. The SMILES string of the molecule is CC(Nc1cccnc1[N+](=O)[O-])c1ccc(Br)cc1. The topological polar surface area (TPSA) is 68.1 Å². The van der Waals surface area contributed by atoms with Crippen molar-refractivity contribution in [1.29, 1.82) is 0 Å². The molecule has 0 amide bonds. The summed E-state index contributed by atoms with van der Waals surface area (Å²) in [7, 11) is 0. The first-order valence-electron chi connectivity index (χ1n) is 5.69. The summed E-state index contributed by atoms with van der Waals surface area (Å²) >= 11 is 3.37. The second-order valence-corrected chi connectivity index (χ2v) is 4.96. The van der Waals surface area contributed by atoms with E-state index in [4.69, 9.17) is 0 Å². The van der Waals surface area contributed by atoms with Crippen molar-refractivity contribution < 1.29 is 4.92 Å². The molecule has 5 nitrogen and oxygen atoms in total. The van der Waals surface area contributed by atoms with E-state index < -0.39 is 4.92 Å². The molecule has 0 fully saturated rings. The fourth-order valence-electron chi connectivity index (χ4n) is 1.72. The monoisotopic (exact) mass is 321 g/mol. The molecule has 0 aliphatic carbocycles. The number of rotatable bonds is 4. The molecule has 0 bridgehead atoms. The molecule has 6 heteroatoms. The van der Waals surface area contributed by atoms with E-state index in [-0.39, 0.29) is 11.9 Å². The number of nitrogens with one attached hydrogen (secondary N) is 1. The third-order valence-corrected chi connectivity index (χ3v) is 3.23. The van der Waals surface area contributed by atoms with E-state index in [1.54, 1.807) is 12.1 Å². The van der Waals surface area contributed by atoms with Gasteiger partial charge in [0.05, 0.1) is 0 Å². The molecule has 0 saturated carbocycles. The zero-order valence-corrected chi connectivity index (χ0v) is 11.8. The number of nitro groups is 1. The Morgan fingerprint density at radius 2 is 2.00 bits per heavy atom. The van der Waals surface area contributed by atoms with Crippen LogP contribution < -0.4 is 5.32 Å². The van der Waals surface area contributed by atoms with E-state index in [0.29, 0.717) is 5.69 Å². The number of anilines is 1. The molecule has 1 aromatic carbocycles. The molecule has 1 unspecified atom stereocenters. The zero-order valence-electron chi connectivity index (χ0n) is 10.2. The lowest BCUT2D eigenvalue weighted by Crippen LogP contribution is -2.08. The first-order valence-corrected chi connectivity index (χ1v) is 6.48. The Balaban J connectivity index is 2.21. The van der Waals surface area contributed by atoms with Gasteiger partial charge in [-0.25, -0.2) is 0 Å². The molecule has 0 saturated heterocycles. The molecule has 19 heavy (non-hydrogen) atoms. The van der Waals surface area contributed by atoms with Crippen LogP contribution in [-0.4, -0.2) is 9.91 Å². The summed E-state index contributed by atoms with van der Waals surface area (Å²) < 4.78 is 0.996. The molecule has 0 spiro atoms. The van der Waals surface area contributed by atoms with Gasteiger partial charge in [-0.1, -0.05) is 28.1 Å². The minimum Gasteiger partial charge on any atom is -0.372 e. The average molecular weight is 322 g/mol. The van der Waals surface area contributed by atoms with Crippen LogP contribution >= 0.6 is 15.9 Å². The Kier molecular flexibility index (Phi) is 4.11. The summed E-state index contributed by atoms with van der Waals surface area (Å²) in [6.07, 6.45) is 1.41. The molecule has 2 aromatic rings. The standard InChI is InChI=1S/C13H12BrN3O2/c1-9(10-4-6-11(14)7-5-10)16-12-3-2-8-15-13(12)17(18)19/h2-9,16H,1H3. The normalized spacial score (nSPS) is 11.9. The molecular weight excluding hydrogens is 310 g/mol. The third kappa shape index (κ3) is 3.29. The maximum absolute atomic E-state index is 10.9. The smallest absolute Gasteiger partial charge is 0.372 e. The van der Waals surface area contributed by atoms with Crippen molar-refractivity contribution in [1.82, 2.24) is 4.98 Å². The zero-order chi connectivity index (χ0) is 13.8. The largest absolute Gasteiger partial charge is 0.386 e. The van der Waals surface area contributed by atoms with Crippen molar-refractivity contribution in [2.24, 2.45) is 0 Å². The molecule has 1 heterocycles. The molecule has 0 radical (unpaired) electrons. The van der Waals surface area contributed by atoms with Crippen molar-refractivity contribution >= 4 is 27.4 Å². The Labute approximate surface area is 119 Å². The highest BCUT2D eigenvalue weighted by atomic mass is 79.9. The summed E-state index contributed by atoms with van der Waals surface area (Å²) in [4.78, 5) is 14.2. The quantitative estimate of drug-likeness (QED) is 0.684. The summed E-state index contributed by atoms with van der Waals surface area (Å²) in [5, 5.41) is 14.0. The molecule has 2 rings (SSSR count). The van der Waals surface area contributed by atoms with Crippen molar-refractivity contribution in [2.45, 2.75) is 13.0 Å². The fraction of sp³-hybridized carbons (Fsp3) is 0.154. The summed E-state index contributed by atoms with van der Waals surface area (Å²) in [6, 6.07) is 11.1. The molecule has 0 aliphatic rings. The van der Waals surface area contributed by atoms with Gasteiger partial charge in [0.15, 0.2) is 0 Å². The molecule has 98 valence electrons. The van der Waals surface area contributed by atoms with E-state index in [0.717, 1.165) is 10.0 Å². The maximum Gasteiger partial charge on any atom is 0.386 e. The lowest BCUT2D eigenvalue weighted by atomic mass is 10.1. The van der Waals surface area contributed by atoms with Gasteiger partial charge in [0.25, 0.3) is 0 Å². The number of pyridine rings is 1. The fourth-order valence-corrected chi connectivity index (χ4v) is 1.99. The Morgan fingerprint density at radius 3 is 2.63 bits per heavy atom. The predicted octanol–water partition coefficient (Wildman–Crippen LogP) is 3.93. The second kappa shape index (κ2) is 5.79. The average Bonchev–Trinajstić information content (AvgIpc) is 2.39. The van der Waals surface area contributed by atoms with Crippen molar-refractivity contribution in [3.05, 3.63) is 62.7 Å². The molecule has 0 aliphatic heterocycles. The lowest BCUT2D eigenvalue weighted by Gasteiger charge is -2.15. The van der Waals surface area contributed by atoms with E-state index in [1.807, 2.05) is 31.2 Å². The minimum atomic E-state index is -0.489. The summed E-state index contributed by atoms with van der Waals surface area (Å²) in [5.74, 6) is -0.161. The van der Waals surface area contributed by atoms with Crippen LogP contribution in [0.15, 0.2) is 47.1 Å². The number of hydrogen-bond donors (Lipinski definition) is 1. The van der Waals surface area contributed by atoms with Crippen LogP contribution in [0.2, 0.25) is 0 Å². The van der Waals surface area contributed by atoms with Crippen LogP contribution in [0, 0.1) is 10.1 Å². The molecule has 1 atom stereocenters. The van der Waals surface area contributed by atoms with Gasteiger partial charge in [0.1, 0.15) is 11.9 Å². The second-order valence-electron chi connectivity index (χ2n) is 4.05.